The van der Waals surface area contributed by atoms with E-state index < -0.39 is 0 Å². The molecule has 0 amide bonds. The predicted octanol–water partition coefficient (Wildman–Crippen LogP) is -0.433. The number of benzene rings is 1. The third-order valence-corrected chi connectivity index (χ3v) is 1.54. The number of hydrogen-bond acceptors (Lipinski definition) is 1. The molecule has 0 atom stereocenters. The second-order valence-electron chi connectivity index (χ2n) is 2.32. The molecule has 12 heavy (non-hydrogen) atoms. The molecule has 0 aliphatic carbocycles. The van der Waals surface area contributed by atoms with Gasteiger partial charge in [-0.2, -0.15) is 18.2 Å². The molecule has 0 saturated carbocycles. The average Bonchev–Trinajstić information content (AvgIpc) is 1.88. The number of ether oxygens (including phenoxy) is 1. The second-order valence-corrected chi connectivity index (χ2v) is 2.32. The van der Waals surface area contributed by atoms with Crippen LogP contribution in [0.15, 0.2) is 12.1 Å². The van der Waals surface area contributed by atoms with Gasteiger partial charge in [0.25, 0.3) is 0 Å². The minimum absolute atomic E-state index is 0. The SMILES string of the molecule is COc1c(C)[c-]ccc1C.[CH3-].[K+]. The summed E-state index contributed by atoms with van der Waals surface area (Å²) in [6, 6.07) is 6.97. The van der Waals surface area contributed by atoms with Crippen molar-refractivity contribution < 1.29 is 56.1 Å². The molecular weight excluding hydrogens is 175 g/mol. The Kier molecular flexibility index (Phi) is 8.96. The Bertz CT molecular complexity index is 213. The van der Waals surface area contributed by atoms with Gasteiger partial charge in [0.1, 0.15) is 0 Å². The molecule has 0 bridgehead atoms. The fraction of sp³-hybridized carbons (Fsp3) is 0.300. The van der Waals surface area contributed by atoms with E-state index in [1.54, 1.807) is 7.11 Å². The van der Waals surface area contributed by atoms with Crippen LogP contribution in [0, 0.1) is 27.3 Å². The summed E-state index contributed by atoms with van der Waals surface area (Å²) >= 11 is 0. The molecule has 0 heterocycles. The topological polar surface area (TPSA) is 9.23 Å². The van der Waals surface area contributed by atoms with E-state index in [9.17, 15) is 0 Å². The summed E-state index contributed by atoms with van der Waals surface area (Å²) in [5.41, 5.74) is 2.24. The summed E-state index contributed by atoms with van der Waals surface area (Å²) in [7, 11) is 1.68. The van der Waals surface area contributed by atoms with E-state index in [0.29, 0.717) is 0 Å². The Balaban J connectivity index is 0. The van der Waals surface area contributed by atoms with Crippen LogP contribution in [0.1, 0.15) is 11.1 Å². The van der Waals surface area contributed by atoms with Crippen molar-refractivity contribution in [3.63, 3.8) is 0 Å². The number of aryl methyl sites for hydroxylation is 2. The van der Waals surface area contributed by atoms with Crippen LogP contribution in [-0.4, -0.2) is 7.11 Å². The van der Waals surface area contributed by atoms with Crippen molar-refractivity contribution in [2.24, 2.45) is 0 Å². The van der Waals surface area contributed by atoms with Crippen LogP contribution in [-0.2, 0) is 0 Å². The molecular formula is C10H14KO-. The second kappa shape index (κ2) is 7.10. The molecule has 2 heteroatoms. The first-order chi connectivity index (χ1) is 4.75. The summed E-state index contributed by atoms with van der Waals surface area (Å²) in [4.78, 5) is 0. The van der Waals surface area contributed by atoms with Gasteiger partial charge in [-0.15, -0.1) is 11.1 Å². The van der Waals surface area contributed by atoms with Crippen molar-refractivity contribution in [1.82, 2.24) is 0 Å². The first-order valence-electron chi connectivity index (χ1n) is 3.27. The average molecular weight is 189 g/mol. The van der Waals surface area contributed by atoms with Gasteiger partial charge < -0.3 is 12.2 Å². The largest absolute Gasteiger partial charge is 1.00 e. The molecule has 0 unspecified atom stereocenters. The summed E-state index contributed by atoms with van der Waals surface area (Å²) in [5.74, 6) is 0.947. The van der Waals surface area contributed by atoms with E-state index in [1.165, 1.54) is 5.56 Å². The first kappa shape index (κ1) is 15.1. The van der Waals surface area contributed by atoms with E-state index in [2.05, 4.69) is 6.07 Å². The molecule has 1 aromatic carbocycles. The van der Waals surface area contributed by atoms with Crippen molar-refractivity contribution >= 4 is 0 Å². The minimum atomic E-state index is 0. The van der Waals surface area contributed by atoms with E-state index in [0.717, 1.165) is 11.3 Å². The molecule has 0 radical (unpaired) electrons. The van der Waals surface area contributed by atoms with E-state index in [-0.39, 0.29) is 58.8 Å². The molecule has 1 aromatic rings. The normalized spacial score (nSPS) is 7.92. The van der Waals surface area contributed by atoms with Gasteiger partial charge in [-0.25, -0.2) is 0 Å². The van der Waals surface area contributed by atoms with E-state index >= 15 is 0 Å². The van der Waals surface area contributed by atoms with Crippen LogP contribution >= 0.6 is 0 Å². The number of methoxy groups -OCH3 is 1. The van der Waals surface area contributed by atoms with Crippen molar-refractivity contribution in [3.05, 3.63) is 36.8 Å². The molecule has 1 rings (SSSR count). The van der Waals surface area contributed by atoms with Gasteiger partial charge in [-0.1, -0.05) is 13.8 Å². The first-order valence-corrected chi connectivity index (χ1v) is 3.27. The molecule has 0 N–H and O–H groups in total. The summed E-state index contributed by atoms with van der Waals surface area (Å²) in [5, 5.41) is 0. The zero-order valence-corrected chi connectivity index (χ0v) is 11.7. The molecule has 0 aliphatic rings. The van der Waals surface area contributed by atoms with Crippen molar-refractivity contribution in [2.45, 2.75) is 13.8 Å². The van der Waals surface area contributed by atoms with Gasteiger partial charge in [-0.3, -0.25) is 0 Å². The Morgan fingerprint density at radius 2 is 1.92 bits per heavy atom. The van der Waals surface area contributed by atoms with E-state index in [1.807, 2.05) is 26.0 Å². The van der Waals surface area contributed by atoms with Crippen LogP contribution in [0.3, 0.4) is 0 Å². The van der Waals surface area contributed by atoms with E-state index in [4.69, 9.17) is 4.74 Å². The quantitative estimate of drug-likeness (QED) is 0.430. The molecule has 0 fully saturated rings. The van der Waals surface area contributed by atoms with Gasteiger partial charge >= 0.3 is 51.4 Å². The van der Waals surface area contributed by atoms with Gasteiger partial charge in [0.05, 0.1) is 7.11 Å². The minimum Gasteiger partial charge on any atom is -0.554 e. The van der Waals surface area contributed by atoms with Gasteiger partial charge in [0.15, 0.2) is 0 Å². The third-order valence-electron chi connectivity index (χ3n) is 1.54. The number of hydrogen-bond donors (Lipinski definition) is 0. The summed E-state index contributed by atoms with van der Waals surface area (Å²) < 4.78 is 5.14. The number of rotatable bonds is 1. The molecule has 0 aliphatic heterocycles. The van der Waals surface area contributed by atoms with Gasteiger partial charge in [0, 0.05) is 5.75 Å². The maximum Gasteiger partial charge on any atom is 1.00 e. The molecule has 0 saturated heterocycles. The van der Waals surface area contributed by atoms with Gasteiger partial charge in [-0.05, 0) is 0 Å². The Morgan fingerprint density at radius 1 is 1.33 bits per heavy atom. The molecule has 0 spiro atoms. The zero-order valence-electron chi connectivity index (χ0n) is 8.56. The predicted molar refractivity (Wildman–Crippen MR) is 47.7 cm³/mol. The van der Waals surface area contributed by atoms with Crippen LogP contribution in [0.2, 0.25) is 0 Å². The summed E-state index contributed by atoms with van der Waals surface area (Å²) in [6.07, 6.45) is 0. The Labute approximate surface area is 118 Å². The zero-order chi connectivity index (χ0) is 7.56. The Hall–Kier alpha value is 0.656. The molecule has 62 valence electrons. The smallest absolute Gasteiger partial charge is 0.554 e. The monoisotopic (exact) mass is 189 g/mol. The fourth-order valence-corrected chi connectivity index (χ4v) is 1.04. The summed E-state index contributed by atoms with van der Waals surface area (Å²) in [6.45, 7) is 4.02. The third kappa shape index (κ3) is 3.58. The van der Waals surface area contributed by atoms with Crippen LogP contribution in [0.4, 0.5) is 0 Å². The Morgan fingerprint density at radius 3 is 2.25 bits per heavy atom. The molecule has 1 nitrogen and oxygen atoms in total. The standard InChI is InChI=1S/C9H11O.CH3.K/c1-7-5-4-6-8(2)9(7)10-3;;/h4-5H,1-3H3;1H3;/q2*-1;+1. The van der Waals surface area contributed by atoms with Crippen molar-refractivity contribution in [3.8, 4) is 5.75 Å². The fourth-order valence-electron chi connectivity index (χ4n) is 1.04. The van der Waals surface area contributed by atoms with Crippen LogP contribution < -0.4 is 56.1 Å². The molecule has 0 aromatic heterocycles. The maximum absolute atomic E-state index is 5.14. The van der Waals surface area contributed by atoms with Crippen LogP contribution in [0.25, 0.3) is 0 Å². The van der Waals surface area contributed by atoms with Crippen molar-refractivity contribution in [1.29, 1.82) is 0 Å². The van der Waals surface area contributed by atoms with Crippen LogP contribution in [0.5, 0.6) is 5.75 Å². The maximum atomic E-state index is 5.14. The van der Waals surface area contributed by atoms with Gasteiger partial charge in [0.2, 0.25) is 0 Å². The van der Waals surface area contributed by atoms with Crippen molar-refractivity contribution in [2.75, 3.05) is 7.11 Å².